The first kappa shape index (κ1) is 21.0. The third kappa shape index (κ3) is 5.62. The van der Waals surface area contributed by atoms with E-state index in [0.717, 1.165) is 0 Å². The smallest absolute Gasteiger partial charge is 0.343 e. The molecule has 0 radical (unpaired) electrons. The van der Waals surface area contributed by atoms with E-state index in [2.05, 4.69) is 15.3 Å². The molecule has 0 heterocycles. The number of carbonyl (C=O) groups is 2. The molecule has 28 heavy (non-hydrogen) atoms. The summed E-state index contributed by atoms with van der Waals surface area (Å²) in [4.78, 5) is 23.4. The summed E-state index contributed by atoms with van der Waals surface area (Å²) in [5.74, 6) is 0.120. The van der Waals surface area contributed by atoms with Gasteiger partial charge in [0.15, 0.2) is 18.1 Å². The Balaban J connectivity index is 2.09. The number of methoxy groups -OCH3 is 3. The summed E-state index contributed by atoms with van der Waals surface area (Å²) in [6.07, 6.45) is 1.40. The van der Waals surface area contributed by atoms with Crippen LogP contribution in [0.2, 0.25) is 5.02 Å². The second-order valence-corrected chi connectivity index (χ2v) is 5.74. The lowest BCUT2D eigenvalue weighted by Crippen LogP contribution is -2.17. The Bertz CT molecular complexity index is 885. The number of amides is 1. The maximum atomic E-state index is 12.1. The van der Waals surface area contributed by atoms with Gasteiger partial charge in [-0.15, -0.1) is 0 Å². The second-order valence-electron chi connectivity index (χ2n) is 5.33. The fraction of sp³-hybridized carbons (Fsp3) is 0.211. The van der Waals surface area contributed by atoms with Crippen molar-refractivity contribution >= 4 is 29.7 Å². The molecular formula is C19H19ClN2O6. The lowest BCUT2D eigenvalue weighted by molar-refractivity contribution is -0.142. The maximum Gasteiger partial charge on any atom is 0.343 e. The van der Waals surface area contributed by atoms with Gasteiger partial charge in [-0.05, 0) is 35.9 Å². The van der Waals surface area contributed by atoms with Crippen LogP contribution in [-0.4, -0.2) is 46.0 Å². The van der Waals surface area contributed by atoms with Gasteiger partial charge in [0.05, 0.1) is 32.6 Å². The molecule has 1 N–H and O–H groups in total. The summed E-state index contributed by atoms with van der Waals surface area (Å²) >= 11 is 6.19. The van der Waals surface area contributed by atoms with Crippen molar-refractivity contribution in [2.45, 2.75) is 0 Å². The van der Waals surface area contributed by atoms with Crippen molar-refractivity contribution < 1.29 is 28.5 Å². The number of carbonyl (C=O) groups excluding carboxylic acids is 2. The van der Waals surface area contributed by atoms with E-state index in [1.807, 2.05) is 0 Å². The van der Waals surface area contributed by atoms with Crippen LogP contribution in [0.5, 0.6) is 17.2 Å². The molecule has 0 saturated heterocycles. The van der Waals surface area contributed by atoms with E-state index in [9.17, 15) is 9.59 Å². The van der Waals surface area contributed by atoms with Gasteiger partial charge in [-0.1, -0.05) is 17.7 Å². The average molecular weight is 407 g/mol. The first-order valence-electron chi connectivity index (χ1n) is 8.03. The minimum Gasteiger partial charge on any atom is -0.497 e. The molecule has 2 rings (SSSR count). The lowest BCUT2D eigenvalue weighted by Gasteiger charge is -2.12. The van der Waals surface area contributed by atoms with E-state index < -0.39 is 11.9 Å². The van der Waals surface area contributed by atoms with Gasteiger partial charge in [0, 0.05) is 5.56 Å². The third-order valence-electron chi connectivity index (χ3n) is 3.53. The fourth-order valence-electron chi connectivity index (χ4n) is 2.14. The topological polar surface area (TPSA) is 95.5 Å². The zero-order valence-electron chi connectivity index (χ0n) is 15.5. The van der Waals surface area contributed by atoms with E-state index in [0.29, 0.717) is 22.6 Å². The Labute approximate surface area is 167 Å². The molecule has 0 aliphatic carbocycles. The Hall–Kier alpha value is -3.26. The first-order valence-corrected chi connectivity index (χ1v) is 8.41. The summed E-state index contributed by atoms with van der Waals surface area (Å²) in [6.45, 7) is -0.309. The lowest BCUT2D eigenvalue weighted by atomic mass is 10.2. The Morgan fingerprint density at radius 1 is 1.14 bits per heavy atom. The molecule has 0 saturated carbocycles. The summed E-state index contributed by atoms with van der Waals surface area (Å²) in [5.41, 5.74) is 3.37. The predicted octanol–water partition coefficient (Wildman–Crippen LogP) is 2.67. The molecule has 8 nitrogen and oxygen atoms in total. The number of ether oxygens (including phenoxy) is 4. The van der Waals surface area contributed by atoms with Crippen molar-refractivity contribution in [2.75, 3.05) is 27.9 Å². The number of hydrazone groups is 1. The van der Waals surface area contributed by atoms with Crippen LogP contribution in [0.4, 0.5) is 0 Å². The van der Waals surface area contributed by atoms with Crippen LogP contribution in [0.15, 0.2) is 41.5 Å². The number of halogens is 1. The molecule has 0 aliphatic heterocycles. The molecule has 0 atom stereocenters. The predicted molar refractivity (Wildman–Crippen MR) is 104 cm³/mol. The third-order valence-corrected chi connectivity index (χ3v) is 3.81. The van der Waals surface area contributed by atoms with Crippen molar-refractivity contribution in [1.82, 2.24) is 5.43 Å². The molecule has 1 amide bonds. The highest BCUT2D eigenvalue weighted by molar-refractivity contribution is 6.32. The largest absolute Gasteiger partial charge is 0.497 e. The molecule has 9 heteroatoms. The average Bonchev–Trinajstić information content (AvgIpc) is 2.72. The number of esters is 1. The van der Waals surface area contributed by atoms with Crippen LogP contribution >= 0.6 is 11.6 Å². The molecule has 148 valence electrons. The highest BCUT2D eigenvalue weighted by Crippen LogP contribution is 2.36. The van der Waals surface area contributed by atoms with Crippen LogP contribution in [0.3, 0.4) is 0 Å². The van der Waals surface area contributed by atoms with Crippen LogP contribution in [-0.2, 0) is 9.53 Å². The monoisotopic (exact) mass is 406 g/mol. The highest BCUT2D eigenvalue weighted by Gasteiger charge is 2.13. The molecule has 2 aromatic rings. The molecule has 0 fully saturated rings. The molecule has 0 aromatic heterocycles. The number of hydrogen-bond acceptors (Lipinski definition) is 7. The number of nitrogens with zero attached hydrogens (tertiary/aromatic N) is 1. The van der Waals surface area contributed by atoms with E-state index in [-0.39, 0.29) is 17.4 Å². The van der Waals surface area contributed by atoms with Crippen molar-refractivity contribution in [3.8, 4) is 17.2 Å². The zero-order valence-corrected chi connectivity index (χ0v) is 16.3. The first-order chi connectivity index (χ1) is 13.5. The van der Waals surface area contributed by atoms with Crippen LogP contribution in [0.1, 0.15) is 15.9 Å². The van der Waals surface area contributed by atoms with Gasteiger partial charge < -0.3 is 18.9 Å². The van der Waals surface area contributed by atoms with E-state index >= 15 is 0 Å². The molecule has 2 aromatic carbocycles. The standard InChI is InChI=1S/C19H19ClN2O6/c1-25-14-6-4-5-13(9-14)19(24)22-21-10-12-7-15(20)18(16(8-12)26-2)28-11-17(23)27-3/h4-10H,11H2,1-3H3,(H,22,24)/b21-10-. The molecule has 0 bridgehead atoms. The Morgan fingerprint density at radius 3 is 2.61 bits per heavy atom. The summed E-state index contributed by atoms with van der Waals surface area (Å²) in [6, 6.07) is 9.82. The number of hydrogen-bond donors (Lipinski definition) is 1. The summed E-state index contributed by atoms with van der Waals surface area (Å²) in [7, 11) is 4.21. The number of benzene rings is 2. The van der Waals surface area contributed by atoms with Crippen molar-refractivity contribution in [3.63, 3.8) is 0 Å². The van der Waals surface area contributed by atoms with Gasteiger partial charge in [-0.3, -0.25) is 4.79 Å². The van der Waals surface area contributed by atoms with Gasteiger partial charge in [-0.25, -0.2) is 10.2 Å². The summed E-state index contributed by atoms with van der Waals surface area (Å²) in [5, 5.41) is 4.12. The highest BCUT2D eigenvalue weighted by atomic mass is 35.5. The fourth-order valence-corrected chi connectivity index (χ4v) is 2.41. The zero-order chi connectivity index (χ0) is 20.5. The van der Waals surface area contributed by atoms with Crippen LogP contribution in [0.25, 0.3) is 0 Å². The van der Waals surface area contributed by atoms with E-state index in [1.165, 1.54) is 27.5 Å². The normalized spacial score (nSPS) is 10.4. The number of nitrogens with one attached hydrogen (secondary N) is 1. The molecule has 0 unspecified atom stereocenters. The van der Waals surface area contributed by atoms with Gasteiger partial charge in [0.25, 0.3) is 5.91 Å². The van der Waals surface area contributed by atoms with E-state index in [1.54, 1.807) is 36.4 Å². The van der Waals surface area contributed by atoms with Crippen molar-refractivity contribution in [1.29, 1.82) is 0 Å². The number of rotatable bonds is 8. The minimum atomic E-state index is -0.552. The summed E-state index contributed by atoms with van der Waals surface area (Å²) < 4.78 is 20.2. The van der Waals surface area contributed by atoms with Crippen LogP contribution in [0, 0.1) is 0 Å². The Kier molecular flexibility index (Phi) is 7.65. The second kappa shape index (κ2) is 10.2. The van der Waals surface area contributed by atoms with Gasteiger partial charge >= 0.3 is 5.97 Å². The Morgan fingerprint density at radius 2 is 1.93 bits per heavy atom. The van der Waals surface area contributed by atoms with Crippen LogP contribution < -0.4 is 19.6 Å². The maximum absolute atomic E-state index is 12.1. The van der Waals surface area contributed by atoms with Crippen molar-refractivity contribution in [3.05, 3.63) is 52.5 Å². The van der Waals surface area contributed by atoms with E-state index in [4.69, 9.17) is 25.8 Å². The SMILES string of the molecule is COC(=O)COc1c(Cl)cc(/C=N\NC(=O)c2cccc(OC)c2)cc1OC. The molecular weight excluding hydrogens is 388 g/mol. The quantitative estimate of drug-likeness (QED) is 0.411. The molecule has 0 spiro atoms. The van der Waals surface area contributed by atoms with Gasteiger partial charge in [0.2, 0.25) is 0 Å². The minimum absolute atomic E-state index is 0.201. The van der Waals surface area contributed by atoms with Gasteiger partial charge in [0.1, 0.15) is 5.75 Å². The van der Waals surface area contributed by atoms with Crippen molar-refractivity contribution in [2.24, 2.45) is 5.10 Å². The molecule has 0 aliphatic rings. The van der Waals surface area contributed by atoms with Gasteiger partial charge in [-0.2, -0.15) is 5.10 Å².